The minimum Gasteiger partial charge on any atom is -0.490 e. The molecule has 3 aromatic carbocycles. The van der Waals surface area contributed by atoms with Crippen LogP contribution in [-0.2, 0) is 22.4 Å². The molecule has 0 spiro atoms. The largest absolute Gasteiger partial charge is 0.490 e. The van der Waals surface area contributed by atoms with Gasteiger partial charge in [0.05, 0.1) is 24.1 Å². The molecule has 1 fully saturated rings. The number of nitrogens with zero attached hydrogens (tertiary/aromatic N) is 1. The Morgan fingerprint density at radius 3 is 2.46 bits per heavy atom. The molecule has 1 aliphatic carbocycles. The van der Waals surface area contributed by atoms with Crippen LogP contribution in [0.2, 0.25) is 5.02 Å². The van der Waals surface area contributed by atoms with Crippen molar-refractivity contribution in [3.05, 3.63) is 94.0 Å². The number of rotatable bonds is 5. The second kappa shape index (κ2) is 11.5. The van der Waals surface area contributed by atoms with Gasteiger partial charge in [-0.3, -0.25) is 14.4 Å². The van der Waals surface area contributed by atoms with E-state index in [0.29, 0.717) is 40.4 Å². The summed E-state index contributed by atoms with van der Waals surface area (Å²) in [6.07, 6.45) is 2.75. The SMILES string of the molecule is CN1C(=O)c2cc(NC(=O)c3ccc(Cl)cc3)ccc2OC[C@@H]2O[C@H](CC(=O)NC3Cc4ccccc4C3)CC[C@@H]21. The Morgan fingerprint density at radius 2 is 1.73 bits per heavy atom. The molecule has 41 heavy (non-hydrogen) atoms. The zero-order chi connectivity index (χ0) is 28.5. The summed E-state index contributed by atoms with van der Waals surface area (Å²) in [4.78, 5) is 40.8. The molecule has 2 N–H and O–H groups in total. The van der Waals surface area contributed by atoms with Crippen molar-refractivity contribution >= 4 is 35.0 Å². The molecule has 212 valence electrons. The first-order chi connectivity index (χ1) is 19.8. The van der Waals surface area contributed by atoms with Crippen LogP contribution in [0.1, 0.15) is 51.1 Å². The molecule has 3 aromatic rings. The molecular weight excluding hydrogens is 542 g/mol. The van der Waals surface area contributed by atoms with Crippen LogP contribution in [0.15, 0.2) is 66.7 Å². The maximum absolute atomic E-state index is 13.5. The van der Waals surface area contributed by atoms with Crippen molar-refractivity contribution in [3.63, 3.8) is 0 Å². The summed E-state index contributed by atoms with van der Waals surface area (Å²) in [5.74, 6) is -0.101. The third-order valence-electron chi connectivity index (χ3n) is 8.21. The maximum Gasteiger partial charge on any atom is 0.257 e. The molecule has 0 aromatic heterocycles. The molecule has 0 bridgehead atoms. The first kappa shape index (κ1) is 27.3. The van der Waals surface area contributed by atoms with Crippen LogP contribution >= 0.6 is 11.6 Å². The second-order valence-electron chi connectivity index (χ2n) is 11.0. The van der Waals surface area contributed by atoms with E-state index >= 15 is 0 Å². The first-order valence-corrected chi connectivity index (χ1v) is 14.3. The molecule has 9 heteroatoms. The average molecular weight is 574 g/mol. The fourth-order valence-corrected chi connectivity index (χ4v) is 6.19. The maximum atomic E-state index is 13.5. The lowest BCUT2D eigenvalue weighted by molar-refractivity contribution is -0.134. The van der Waals surface area contributed by atoms with Crippen molar-refractivity contribution in [1.29, 1.82) is 0 Å². The molecular formula is C32H32ClN3O5. The highest BCUT2D eigenvalue weighted by Crippen LogP contribution is 2.33. The van der Waals surface area contributed by atoms with Gasteiger partial charge in [-0.2, -0.15) is 0 Å². The molecule has 0 radical (unpaired) electrons. The summed E-state index contributed by atoms with van der Waals surface area (Å²) in [5, 5.41) is 6.56. The molecule has 3 atom stereocenters. The average Bonchev–Trinajstić information content (AvgIpc) is 3.37. The number of hydrogen-bond acceptors (Lipinski definition) is 5. The number of amides is 3. The number of likely N-dealkylation sites (N-methyl/N-ethyl adjacent to an activating group) is 1. The third kappa shape index (κ3) is 5.94. The van der Waals surface area contributed by atoms with Gasteiger partial charge in [-0.15, -0.1) is 0 Å². The minimum atomic E-state index is -0.358. The van der Waals surface area contributed by atoms with Gasteiger partial charge in [0.25, 0.3) is 11.8 Å². The van der Waals surface area contributed by atoms with E-state index < -0.39 is 0 Å². The van der Waals surface area contributed by atoms with E-state index in [9.17, 15) is 14.4 Å². The van der Waals surface area contributed by atoms with E-state index in [1.54, 1.807) is 54.4 Å². The summed E-state index contributed by atoms with van der Waals surface area (Å²) in [6, 6.07) is 19.8. The van der Waals surface area contributed by atoms with Crippen molar-refractivity contribution in [2.24, 2.45) is 0 Å². The highest BCUT2D eigenvalue weighted by Gasteiger charge is 2.39. The van der Waals surface area contributed by atoms with Gasteiger partial charge in [0.2, 0.25) is 5.91 Å². The summed E-state index contributed by atoms with van der Waals surface area (Å²) in [5.41, 5.74) is 3.91. The molecule has 6 rings (SSSR count). The molecule has 8 nitrogen and oxygen atoms in total. The summed E-state index contributed by atoms with van der Waals surface area (Å²) >= 11 is 5.92. The fourth-order valence-electron chi connectivity index (χ4n) is 6.06. The summed E-state index contributed by atoms with van der Waals surface area (Å²) in [6.45, 7) is 0.252. The van der Waals surface area contributed by atoms with Gasteiger partial charge in [0, 0.05) is 29.4 Å². The number of hydrogen-bond donors (Lipinski definition) is 2. The second-order valence-corrected chi connectivity index (χ2v) is 11.4. The molecule has 0 saturated carbocycles. The number of carbonyl (C=O) groups excluding carboxylic acids is 3. The van der Waals surface area contributed by atoms with Gasteiger partial charge in [-0.1, -0.05) is 35.9 Å². The third-order valence-corrected chi connectivity index (χ3v) is 8.46. The van der Waals surface area contributed by atoms with E-state index in [4.69, 9.17) is 21.1 Å². The highest BCUT2D eigenvalue weighted by molar-refractivity contribution is 6.30. The summed E-state index contributed by atoms with van der Waals surface area (Å²) in [7, 11) is 1.77. The van der Waals surface area contributed by atoms with Gasteiger partial charge in [-0.25, -0.2) is 0 Å². The highest BCUT2D eigenvalue weighted by atomic mass is 35.5. The first-order valence-electron chi connectivity index (χ1n) is 14.0. The van der Waals surface area contributed by atoms with E-state index in [2.05, 4.69) is 22.8 Å². The molecule has 0 unspecified atom stereocenters. The molecule has 2 aliphatic heterocycles. The van der Waals surface area contributed by atoms with Crippen molar-refractivity contribution in [2.45, 2.75) is 56.4 Å². The Labute approximate surface area is 244 Å². The number of carbonyl (C=O) groups is 3. The van der Waals surface area contributed by atoms with Crippen LogP contribution in [0.4, 0.5) is 5.69 Å². The number of anilines is 1. The predicted octanol–water partition coefficient (Wildman–Crippen LogP) is 4.65. The zero-order valence-corrected chi connectivity index (χ0v) is 23.5. The van der Waals surface area contributed by atoms with Crippen LogP contribution in [0.5, 0.6) is 5.75 Å². The van der Waals surface area contributed by atoms with E-state index in [-0.39, 0.29) is 55.0 Å². The smallest absolute Gasteiger partial charge is 0.257 e. The number of halogens is 1. The number of fused-ring (bicyclic) bond motifs is 3. The molecule has 3 amide bonds. The van der Waals surface area contributed by atoms with Crippen molar-refractivity contribution in [2.75, 3.05) is 19.0 Å². The summed E-state index contributed by atoms with van der Waals surface area (Å²) < 4.78 is 12.4. The van der Waals surface area contributed by atoms with E-state index in [1.165, 1.54) is 11.1 Å². The van der Waals surface area contributed by atoms with Gasteiger partial charge < -0.3 is 25.0 Å². The van der Waals surface area contributed by atoms with Crippen LogP contribution < -0.4 is 15.4 Å². The van der Waals surface area contributed by atoms with Gasteiger partial charge in [-0.05, 0) is 79.3 Å². The Balaban J connectivity index is 1.08. The Morgan fingerprint density at radius 1 is 1.00 bits per heavy atom. The lowest BCUT2D eigenvalue weighted by atomic mass is 9.94. The van der Waals surface area contributed by atoms with Crippen molar-refractivity contribution in [1.82, 2.24) is 10.2 Å². The Kier molecular flexibility index (Phi) is 7.69. The minimum absolute atomic E-state index is 0.0130. The molecule has 3 aliphatic rings. The lowest BCUT2D eigenvalue weighted by Gasteiger charge is -2.42. The van der Waals surface area contributed by atoms with Crippen molar-refractivity contribution in [3.8, 4) is 5.75 Å². The normalized spacial score (nSPS) is 22.0. The number of ether oxygens (including phenoxy) is 2. The predicted molar refractivity (Wildman–Crippen MR) is 156 cm³/mol. The van der Waals surface area contributed by atoms with Gasteiger partial charge in [0.15, 0.2) is 0 Å². The standard InChI is InChI=1S/C32H32ClN3O5/c1-36-27-12-11-25(17-30(37)34-24-14-20-4-2-3-5-21(20)15-24)41-29(27)18-40-28-13-10-23(16-26(28)32(36)39)35-31(38)19-6-8-22(33)9-7-19/h2-10,13,16,24-25,27,29H,11-12,14-15,17-18H2,1H3,(H,34,37)(H,35,38)/t25-,27-,29-/m0/s1. The molecule has 2 heterocycles. The van der Waals surface area contributed by atoms with Crippen LogP contribution in [0.3, 0.4) is 0 Å². The van der Waals surface area contributed by atoms with Crippen LogP contribution in [-0.4, -0.2) is 60.6 Å². The zero-order valence-electron chi connectivity index (χ0n) is 22.8. The Hall–Kier alpha value is -3.88. The van der Waals surface area contributed by atoms with Crippen molar-refractivity contribution < 1.29 is 23.9 Å². The van der Waals surface area contributed by atoms with Gasteiger partial charge >= 0.3 is 0 Å². The molecule has 1 saturated heterocycles. The fraction of sp³-hybridized carbons (Fsp3) is 0.344. The topological polar surface area (TPSA) is 97.0 Å². The lowest BCUT2D eigenvalue weighted by Crippen LogP contribution is -2.54. The van der Waals surface area contributed by atoms with E-state index in [0.717, 1.165) is 12.8 Å². The quantitative estimate of drug-likeness (QED) is 0.463. The number of nitrogens with one attached hydrogen (secondary N) is 2. The Bertz CT molecular complexity index is 1450. The van der Waals surface area contributed by atoms with Crippen LogP contribution in [0, 0.1) is 0 Å². The monoisotopic (exact) mass is 573 g/mol. The van der Waals surface area contributed by atoms with E-state index in [1.807, 2.05) is 12.1 Å². The number of benzene rings is 3. The van der Waals surface area contributed by atoms with Gasteiger partial charge in [0.1, 0.15) is 18.5 Å². The van der Waals surface area contributed by atoms with Crippen LogP contribution in [0.25, 0.3) is 0 Å².